The lowest BCUT2D eigenvalue weighted by atomic mass is 10.1. The Balaban J connectivity index is 2.28. The molecule has 0 saturated heterocycles. The number of halogens is 7. The van der Waals surface area contributed by atoms with Gasteiger partial charge in [0.15, 0.2) is 0 Å². The number of hydrogen-bond donors (Lipinski definition) is 0. The highest BCUT2D eigenvalue weighted by Gasteiger charge is 2.75. The molecule has 0 spiro atoms. The zero-order valence-electron chi connectivity index (χ0n) is 12.5. The van der Waals surface area contributed by atoms with Crippen LogP contribution in [0.2, 0.25) is 0 Å². The first-order valence-corrected chi connectivity index (χ1v) is 6.49. The van der Waals surface area contributed by atoms with E-state index in [0.29, 0.717) is 4.80 Å². The summed E-state index contributed by atoms with van der Waals surface area (Å²) in [5.41, 5.74) is -0.373. The number of hydrogen-bond acceptors (Lipinski definition) is 6. The van der Waals surface area contributed by atoms with Crippen LogP contribution in [0.5, 0.6) is 0 Å². The summed E-state index contributed by atoms with van der Waals surface area (Å²) in [5.74, 6) is -14.3. The summed E-state index contributed by atoms with van der Waals surface area (Å²) in [6.07, 6.45) is -6.53. The summed E-state index contributed by atoms with van der Waals surface area (Å²) in [6.45, 7) is 0.735. The minimum atomic E-state index is -6.53. The summed E-state index contributed by atoms with van der Waals surface area (Å²) >= 11 is 0. The molecule has 26 heavy (non-hydrogen) atoms. The second kappa shape index (κ2) is 6.14. The molecule has 0 radical (unpaired) electrons. The number of rotatable bonds is 5. The summed E-state index contributed by atoms with van der Waals surface area (Å²) in [5, 5.41) is 19.0. The van der Waals surface area contributed by atoms with E-state index in [9.17, 15) is 40.8 Å². The number of tetrazole rings is 1. The average Bonchev–Trinajstić information content (AvgIpc) is 2.94. The van der Waals surface area contributed by atoms with Gasteiger partial charge in [-0.15, -0.1) is 10.2 Å². The van der Waals surface area contributed by atoms with E-state index < -0.39 is 35.3 Å². The molecule has 0 aliphatic heterocycles. The average molecular weight is 388 g/mol. The first kappa shape index (κ1) is 19.5. The summed E-state index contributed by atoms with van der Waals surface area (Å²) in [6, 6.07) is 2.15. The van der Waals surface area contributed by atoms with E-state index in [1.165, 1.54) is 6.92 Å². The number of nitro groups is 1. The van der Waals surface area contributed by atoms with Gasteiger partial charge in [0.05, 0.1) is 10.6 Å². The second-order valence-electron chi connectivity index (χ2n) is 4.95. The van der Waals surface area contributed by atoms with Crippen LogP contribution in [0.4, 0.5) is 36.4 Å². The van der Waals surface area contributed by atoms with Crippen LogP contribution in [-0.4, -0.2) is 42.2 Å². The zero-order valence-corrected chi connectivity index (χ0v) is 12.5. The number of nitrogens with zero attached hydrogens (tertiary/aromatic N) is 6. The van der Waals surface area contributed by atoms with Crippen LogP contribution < -0.4 is 0 Å². The normalized spacial score (nSPS) is 13.1. The topological polar surface area (TPSA) is 99.6 Å². The molecule has 2 heterocycles. The zero-order chi connectivity index (χ0) is 19.9. The predicted octanol–water partition coefficient (Wildman–Crippen LogP) is 2.62. The molecule has 0 fully saturated rings. The van der Waals surface area contributed by atoms with Gasteiger partial charge in [-0.2, -0.15) is 35.5 Å². The van der Waals surface area contributed by atoms with Crippen LogP contribution in [0.25, 0.3) is 0 Å². The minimum absolute atomic E-state index is 0.00273. The Morgan fingerprint density at radius 3 is 2.27 bits per heavy atom. The fourth-order valence-corrected chi connectivity index (χ4v) is 1.79. The fraction of sp³-hybridized carbons (Fsp3) is 0.455. The first-order valence-electron chi connectivity index (χ1n) is 6.49. The van der Waals surface area contributed by atoms with E-state index in [4.69, 9.17) is 0 Å². The maximum absolute atomic E-state index is 13.4. The van der Waals surface area contributed by atoms with Gasteiger partial charge in [0, 0.05) is 6.07 Å². The van der Waals surface area contributed by atoms with Gasteiger partial charge in [0.2, 0.25) is 0 Å². The maximum atomic E-state index is 13.4. The Hall–Kier alpha value is -2.87. The Morgan fingerprint density at radius 1 is 1.15 bits per heavy atom. The Morgan fingerprint density at radius 2 is 1.77 bits per heavy atom. The summed E-state index contributed by atoms with van der Waals surface area (Å²) in [4.78, 5) is 14.0. The van der Waals surface area contributed by atoms with Gasteiger partial charge in [-0.25, -0.2) is 4.98 Å². The molecule has 0 aliphatic rings. The van der Waals surface area contributed by atoms with Gasteiger partial charge >= 0.3 is 18.0 Å². The molecule has 0 N–H and O–H groups in total. The van der Waals surface area contributed by atoms with E-state index in [-0.39, 0.29) is 17.1 Å². The minimum Gasteiger partial charge on any atom is -0.258 e. The van der Waals surface area contributed by atoms with Crippen molar-refractivity contribution in [1.29, 1.82) is 0 Å². The van der Waals surface area contributed by atoms with Crippen molar-refractivity contribution in [3.8, 4) is 0 Å². The van der Waals surface area contributed by atoms with Crippen LogP contribution in [0.3, 0.4) is 0 Å². The number of aromatic nitrogens is 5. The molecule has 2 aromatic rings. The fourth-order valence-electron chi connectivity index (χ4n) is 1.79. The highest BCUT2D eigenvalue weighted by atomic mass is 19.4. The van der Waals surface area contributed by atoms with E-state index >= 15 is 0 Å². The molecule has 0 saturated carbocycles. The van der Waals surface area contributed by atoms with Crippen molar-refractivity contribution in [2.24, 2.45) is 0 Å². The Bertz CT molecular complexity index is 835. The monoisotopic (exact) mass is 388 g/mol. The van der Waals surface area contributed by atoms with E-state index in [1.54, 1.807) is 0 Å². The SMILES string of the molecule is Cc1nc(Cn2nnc(C(F)(F)C(F)(F)C(F)(F)F)n2)ccc1[N+](=O)[O-]. The van der Waals surface area contributed by atoms with Crippen molar-refractivity contribution < 1.29 is 35.7 Å². The van der Waals surface area contributed by atoms with Gasteiger partial charge in [-0.1, -0.05) is 0 Å². The third-order valence-electron chi connectivity index (χ3n) is 3.10. The van der Waals surface area contributed by atoms with Crippen molar-refractivity contribution in [3.63, 3.8) is 0 Å². The highest BCUT2D eigenvalue weighted by Crippen LogP contribution is 2.50. The second-order valence-corrected chi connectivity index (χ2v) is 4.95. The van der Waals surface area contributed by atoms with E-state index in [1.807, 2.05) is 0 Å². The molecule has 2 rings (SSSR count). The summed E-state index contributed by atoms with van der Waals surface area (Å²) < 4.78 is 89.2. The van der Waals surface area contributed by atoms with Crippen molar-refractivity contribution in [2.75, 3.05) is 0 Å². The van der Waals surface area contributed by atoms with Crippen LogP contribution >= 0.6 is 0 Å². The molecule has 2 aromatic heterocycles. The quantitative estimate of drug-likeness (QED) is 0.444. The largest absolute Gasteiger partial charge is 0.460 e. The van der Waals surface area contributed by atoms with Crippen LogP contribution in [0, 0.1) is 17.0 Å². The Labute approximate surface area is 138 Å². The molecule has 0 unspecified atom stereocenters. The molecular formula is C11H7F7N6O2. The molecule has 15 heteroatoms. The first-order chi connectivity index (χ1) is 11.8. The van der Waals surface area contributed by atoms with Gasteiger partial charge in [-0.05, 0) is 18.2 Å². The highest BCUT2D eigenvalue weighted by molar-refractivity contribution is 5.35. The summed E-state index contributed by atoms with van der Waals surface area (Å²) in [7, 11) is 0. The van der Waals surface area contributed by atoms with Gasteiger partial charge < -0.3 is 0 Å². The third-order valence-corrected chi connectivity index (χ3v) is 3.10. The lowest BCUT2D eigenvalue weighted by Gasteiger charge is -2.25. The lowest BCUT2D eigenvalue weighted by molar-refractivity contribution is -0.385. The maximum Gasteiger partial charge on any atom is 0.460 e. The standard InChI is InChI=1S/C11H7F7N6O2/c1-5-7(24(25)26)3-2-6(19-5)4-23-21-8(20-22-23)9(12,13)10(14,15)11(16,17)18/h2-3H,4H2,1H3. The number of aryl methyl sites for hydroxylation is 1. The molecular weight excluding hydrogens is 381 g/mol. The van der Waals surface area contributed by atoms with Crippen molar-refractivity contribution in [3.05, 3.63) is 39.5 Å². The molecule has 0 aromatic carbocycles. The van der Waals surface area contributed by atoms with Gasteiger partial charge in [-0.3, -0.25) is 10.1 Å². The van der Waals surface area contributed by atoms with Gasteiger partial charge in [0.25, 0.3) is 11.5 Å². The van der Waals surface area contributed by atoms with Crippen molar-refractivity contribution in [1.82, 2.24) is 25.2 Å². The lowest BCUT2D eigenvalue weighted by Crippen LogP contribution is -2.50. The molecule has 8 nitrogen and oxygen atoms in total. The smallest absolute Gasteiger partial charge is 0.258 e. The molecule has 0 atom stereocenters. The van der Waals surface area contributed by atoms with E-state index in [0.717, 1.165) is 12.1 Å². The Kier molecular flexibility index (Phi) is 4.59. The van der Waals surface area contributed by atoms with E-state index in [2.05, 4.69) is 20.4 Å². The number of pyridine rings is 1. The van der Waals surface area contributed by atoms with Gasteiger partial charge in [0.1, 0.15) is 12.2 Å². The van der Waals surface area contributed by atoms with Crippen LogP contribution in [0.15, 0.2) is 12.1 Å². The molecule has 0 aliphatic carbocycles. The van der Waals surface area contributed by atoms with Crippen molar-refractivity contribution >= 4 is 5.69 Å². The van der Waals surface area contributed by atoms with Crippen LogP contribution in [0.1, 0.15) is 17.2 Å². The molecule has 0 amide bonds. The predicted molar refractivity (Wildman–Crippen MR) is 67.4 cm³/mol. The molecule has 142 valence electrons. The number of alkyl halides is 7. The van der Waals surface area contributed by atoms with Crippen molar-refractivity contribution in [2.45, 2.75) is 31.5 Å². The van der Waals surface area contributed by atoms with Crippen LogP contribution in [-0.2, 0) is 12.5 Å². The molecule has 0 bridgehead atoms. The third kappa shape index (κ3) is 3.28.